The van der Waals surface area contributed by atoms with E-state index in [1.54, 1.807) is 19.2 Å². The number of benzene rings is 1. The summed E-state index contributed by atoms with van der Waals surface area (Å²) in [6.45, 7) is 1.92. The lowest BCUT2D eigenvalue weighted by Gasteiger charge is -2.03. The minimum Gasteiger partial charge on any atom is -0.496 e. The van der Waals surface area contributed by atoms with Crippen molar-refractivity contribution >= 4 is 11.8 Å². The van der Waals surface area contributed by atoms with Gasteiger partial charge in [-0.25, -0.2) is 4.79 Å². The third kappa shape index (κ3) is 1.71. The molecule has 0 saturated carbocycles. The first-order chi connectivity index (χ1) is 5.77. The molecule has 3 heteroatoms. The Hall–Kier alpha value is -1.60. The Labute approximate surface area is 70.7 Å². The molecular weight excluding hydrogens is 154 g/mol. The van der Waals surface area contributed by atoms with E-state index < -0.39 is 0 Å². The first-order valence-electron chi connectivity index (χ1n) is 3.50. The lowest BCUT2D eigenvalue weighted by atomic mass is 10.2. The quantitative estimate of drug-likeness (QED) is 0.494. The Bertz CT molecular complexity index is 327. The lowest BCUT2D eigenvalue weighted by Crippen LogP contribution is -1.85. The summed E-state index contributed by atoms with van der Waals surface area (Å²) in [5.74, 6) is 0.728. The Morgan fingerprint density at radius 2 is 2.25 bits per heavy atom. The van der Waals surface area contributed by atoms with Gasteiger partial charge in [0.25, 0.3) is 0 Å². The minimum atomic E-state index is 0.562. The highest BCUT2D eigenvalue weighted by molar-refractivity contribution is 5.53. The van der Waals surface area contributed by atoms with E-state index in [4.69, 9.17) is 4.74 Å². The van der Waals surface area contributed by atoms with E-state index >= 15 is 0 Å². The number of aryl methyl sites for hydroxylation is 1. The number of aliphatic imine (C=N–C) groups is 1. The number of ether oxygens (including phenoxy) is 1. The number of nitrogens with zero attached hydrogens (tertiary/aromatic N) is 1. The summed E-state index contributed by atoms with van der Waals surface area (Å²) in [5.41, 5.74) is 1.58. The average Bonchev–Trinajstić information content (AvgIpc) is 2.09. The van der Waals surface area contributed by atoms with Crippen LogP contribution in [0.25, 0.3) is 0 Å². The molecule has 0 aromatic heterocycles. The smallest absolute Gasteiger partial charge is 0.240 e. The van der Waals surface area contributed by atoms with Gasteiger partial charge in [-0.3, -0.25) is 0 Å². The molecule has 0 unspecified atom stereocenters. The Morgan fingerprint density at radius 3 is 2.83 bits per heavy atom. The number of methoxy groups -OCH3 is 1. The molecule has 1 aromatic rings. The molecule has 0 radical (unpaired) electrons. The molecular formula is C9H9NO2. The van der Waals surface area contributed by atoms with Crippen molar-refractivity contribution in [2.24, 2.45) is 4.99 Å². The first kappa shape index (κ1) is 8.50. The van der Waals surface area contributed by atoms with Gasteiger partial charge in [0.15, 0.2) is 0 Å². The number of hydrogen-bond donors (Lipinski definition) is 0. The summed E-state index contributed by atoms with van der Waals surface area (Å²) in [5, 5.41) is 0. The van der Waals surface area contributed by atoms with Gasteiger partial charge in [0.2, 0.25) is 6.08 Å². The summed E-state index contributed by atoms with van der Waals surface area (Å²) in [6.07, 6.45) is 1.47. The number of carbonyl (C=O) groups excluding carboxylic acids is 1. The topological polar surface area (TPSA) is 38.7 Å². The molecule has 0 bridgehead atoms. The summed E-state index contributed by atoms with van der Waals surface area (Å²) in [7, 11) is 1.58. The molecule has 0 aliphatic rings. The predicted octanol–water partition coefficient (Wildman–Crippen LogP) is 1.97. The fourth-order valence-corrected chi connectivity index (χ4v) is 0.931. The molecule has 1 aromatic carbocycles. The van der Waals surface area contributed by atoms with Crippen molar-refractivity contribution in [1.82, 2.24) is 0 Å². The van der Waals surface area contributed by atoms with Gasteiger partial charge >= 0.3 is 0 Å². The van der Waals surface area contributed by atoms with Crippen molar-refractivity contribution in [3.05, 3.63) is 23.8 Å². The van der Waals surface area contributed by atoms with Crippen LogP contribution in [0.4, 0.5) is 5.69 Å². The van der Waals surface area contributed by atoms with Crippen molar-refractivity contribution < 1.29 is 9.53 Å². The van der Waals surface area contributed by atoms with Gasteiger partial charge < -0.3 is 4.74 Å². The first-order valence-corrected chi connectivity index (χ1v) is 3.50. The van der Waals surface area contributed by atoms with Crippen LogP contribution in [0.5, 0.6) is 5.75 Å². The van der Waals surface area contributed by atoms with Crippen LogP contribution >= 0.6 is 0 Å². The Balaban J connectivity index is 3.13. The molecule has 1 rings (SSSR count). The van der Waals surface area contributed by atoms with Crippen molar-refractivity contribution in [2.75, 3.05) is 7.11 Å². The van der Waals surface area contributed by atoms with Crippen LogP contribution in [0.1, 0.15) is 5.56 Å². The van der Waals surface area contributed by atoms with Gasteiger partial charge in [0, 0.05) is 6.07 Å². The van der Waals surface area contributed by atoms with Gasteiger partial charge in [-0.2, -0.15) is 4.99 Å². The van der Waals surface area contributed by atoms with E-state index in [1.807, 2.05) is 13.0 Å². The standard InChI is InChI=1S/C9H9NO2/c1-7-3-4-8(10-6-11)5-9(7)12-2/h3-5H,1-2H3. The Morgan fingerprint density at radius 1 is 1.50 bits per heavy atom. The highest BCUT2D eigenvalue weighted by Crippen LogP contribution is 2.23. The molecule has 0 fully saturated rings. The van der Waals surface area contributed by atoms with Gasteiger partial charge in [0.1, 0.15) is 5.75 Å². The fraction of sp³-hybridized carbons (Fsp3) is 0.222. The number of isocyanates is 1. The van der Waals surface area contributed by atoms with Crippen molar-refractivity contribution in [1.29, 1.82) is 0 Å². The molecule has 0 spiro atoms. The van der Waals surface area contributed by atoms with Gasteiger partial charge in [-0.1, -0.05) is 6.07 Å². The van der Waals surface area contributed by atoms with Crippen LogP contribution in [0.3, 0.4) is 0 Å². The molecule has 0 heterocycles. The van der Waals surface area contributed by atoms with Crippen LogP contribution in [-0.4, -0.2) is 13.2 Å². The van der Waals surface area contributed by atoms with Crippen LogP contribution in [0.15, 0.2) is 23.2 Å². The zero-order valence-corrected chi connectivity index (χ0v) is 7.00. The molecule has 3 nitrogen and oxygen atoms in total. The number of rotatable bonds is 2. The fourth-order valence-electron chi connectivity index (χ4n) is 0.931. The SMILES string of the molecule is COc1cc(N=C=O)ccc1C. The summed E-state index contributed by atoms with van der Waals surface area (Å²) in [4.78, 5) is 13.4. The molecule has 0 N–H and O–H groups in total. The second-order valence-corrected chi connectivity index (χ2v) is 2.36. The maximum atomic E-state index is 9.93. The largest absolute Gasteiger partial charge is 0.496 e. The van der Waals surface area contributed by atoms with Crippen LogP contribution in [0.2, 0.25) is 0 Å². The summed E-state index contributed by atoms with van der Waals surface area (Å²) in [6, 6.07) is 5.28. The van der Waals surface area contributed by atoms with Gasteiger partial charge in [0.05, 0.1) is 12.8 Å². The molecule has 0 amide bonds. The number of hydrogen-bond acceptors (Lipinski definition) is 3. The Kier molecular flexibility index (Phi) is 2.62. The van der Waals surface area contributed by atoms with E-state index in [-0.39, 0.29) is 0 Å². The maximum absolute atomic E-state index is 9.93. The zero-order valence-electron chi connectivity index (χ0n) is 7.00. The van der Waals surface area contributed by atoms with E-state index in [2.05, 4.69) is 4.99 Å². The van der Waals surface area contributed by atoms with Gasteiger partial charge in [-0.15, -0.1) is 0 Å². The van der Waals surface area contributed by atoms with Gasteiger partial charge in [-0.05, 0) is 18.6 Å². The molecule has 12 heavy (non-hydrogen) atoms. The van der Waals surface area contributed by atoms with Crippen molar-refractivity contribution in [2.45, 2.75) is 6.92 Å². The second-order valence-electron chi connectivity index (χ2n) is 2.36. The van der Waals surface area contributed by atoms with E-state index in [0.717, 1.165) is 11.3 Å². The van der Waals surface area contributed by atoms with Crippen molar-refractivity contribution in [3.8, 4) is 5.75 Å². The summed E-state index contributed by atoms with van der Waals surface area (Å²) >= 11 is 0. The molecule has 0 aliphatic heterocycles. The maximum Gasteiger partial charge on any atom is 0.240 e. The van der Waals surface area contributed by atoms with Crippen LogP contribution in [0, 0.1) is 6.92 Å². The minimum absolute atomic E-state index is 0.562. The summed E-state index contributed by atoms with van der Waals surface area (Å²) < 4.78 is 5.04. The van der Waals surface area contributed by atoms with E-state index in [1.165, 1.54) is 6.08 Å². The molecule has 0 saturated heterocycles. The monoisotopic (exact) mass is 163 g/mol. The van der Waals surface area contributed by atoms with Crippen molar-refractivity contribution in [3.63, 3.8) is 0 Å². The predicted molar refractivity (Wildman–Crippen MR) is 45.5 cm³/mol. The van der Waals surface area contributed by atoms with E-state index in [0.29, 0.717) is 5.69 Å². The van der Waals surface area contributed by atoms with Crippen LogP contribution in [-0.2, 0) is 4.79 Å². The van der Waals surface area contributed by atoms with Crippen LogP contribution < -0.4 is 4.74 Å². The molecule has 0 atom stereocenters. The normalized spacial score (nSPS) is 8.83. The molecule has 62 valence electrons. The second kappa shape index (κ2) is 3.69. The highest BCUT2D eigenvalue weighted by Gasteiger charge is 1.97. The third-order valence-electron chi connectivity index (χ3n) is 1.57. The van der Waals surface area contributed by atoms with E-state index in [9.17, 15) is 4.79 Å². The highest BCUT2D eigenvalue weighted by atomic mass is 16.5. The third-order valence-corrected chi connectivity index (χ3v) is 1.57. The zero-order chi connectivity index (χ0) is 8.97. The lowest BCUT2D eigenvalue weighted by molar-refractivity contribution is 0.412. The average molecular weight is 163 g/mol. The molecule has 0 aliphatic carbocycles.